The lowest BCUT2D eigenvalue weighted by molar-refractivity contribution is 0.312. The minimum atomic E-state index is -0.708. The van der Waals surface area contributed by atoms with E-state index in [1.54, 1.807) is 17.6 Å². The standard InChI is InChI=1S/C12H10ClN3OS.C5H10FN/c1-7-6-18-10-9(7)15-12(13)16-11(10)14-5-8-3-2-4-17-8;6-4-2-1-3-5(4)7/h2-4,6H,5H2,1H3,(H,14,15,16);4-5H,1-3,7H2. The summed E-state index contributed by atoms with van der Waals surface area (Å²) in [5.74, 6) is 1.60. The lowest BCUT2D eigenvalue weighted by Gasteiger charge is -2.05. The van der Waals surface area contributed by atoms with Crippen LogP contribution in [0.1, 0.15) is 30.6 Å². The van der Waals surface area contributed by atoms with Gasteiger partial charge in [0.15, 0.2) is 0 Å². The van der Waals surface area contributed by atoms with Crippen molar-refractivity contribution in [1.29, 1.82) is 0 Å². The Kier molecular flexibility index (Phi) is 5.88. The van der Waals surface area contributed by atoms with Crippen LogP contribution in [-0.4, -0.2) is 22.2 Å². The lowest BCUT2D eigenvalue weighted by atomic mass is 10.2. The maximum absolute atomic E-state index is 12.2. The quantitative estimate of drug-likeness (QED) is 0.642. The Morgan fingerprint density at radius 3 is 2.88 bits per heavy atom. The van der Waals surface area contributed by atoms with Gasteiger partial charge in [0.05, 0.1) is 23.0 Å². The van der Waals surface area contributed by atoms with Gasteiger partial charge in [-0.1, -0.05) is 0 Å². The molecule has 0 saturated heterocycles. The monoisotopic (exact) mass is 382 g/mol. The van der Waals surface area contributed by atoms with Crippen molar-refractivity contribution in [2.75, 3.05) is 5.32 Å². The minimum absolute atomic E-state index is 0.153. The van der Waals surface area contributed by atoms with E-state index in [9.17, 15) is 4.39 Å². The molecule has 0 radical (unpaired) electrons. The van der Waals surface area contributed by atoms with Crippen molar-refractivity contribution in [1.82, 2.24) is 9.97 Å². The molecule has 3 N–H and O–H groups in total. The van der Waals surface area contributed by atoms with E-state index >= 15 is 0 Å². The third-order valence-corrected chi connectivity index (χ3v) is 5.32. The number of rotatable bonds is 3. The smallest absolute Gasteiger partial charge is 0.224 e. The van der Waals surface area contributed by atoms with Crippen LogP contribution in [0, 0.1) is 6.92 Å². The van der Waals surface area contributed by atoms with Crippen LogP contribution in [-0.2, 0) is 6.54 Å². The van der Waals surface area contributed by atoms with E-state index in [4.69, 9.17) is 21.8 Å². The first-order valence-corrected chi connectivity index (χ1v) is 9.37. The van der Waals surface area contributed by atoms with Crippen LogP contribution in [0.2, 0.25) is 5.28 Å². The normalized spacial score (nSPS) is 19.7. The number of anilines is 1. The average Bonchev–Trinajstić information content (AvgIpc) is 3.31. The molecule has 2 unspecified atom stereocenters. The van der Waals surface area contributed by atoms with Crippen LogP contribution in [0.15, 0.2) is 28.2 Å². The Hall–Kier alpha value is -1.70. The van der Waals surface area contributed by atoms with Gasteiger partial charge >= 0.3 is 0 Å². The summed E-state index contributed by atoms with van der Waals surface area (Å²) in [6, 6.07) is 3.61. The fourth-order valence-corrected chi connectivity index (χ4v) is 3.78. The first-order chi connectivity index (χ1) is 12.0. The molecule has 8 heteroatoms. The molecule has 4 rings (SSSR count). The van der Waals surface area contributed by atoms with Gasteiger partial charge in [-0.25, -0.2) is 9.37 Å². The summed E-state index contributed by atoms with van der Waals surface area (Å²) in [6.45, 7) is 2.59. The molecule has 3 heterocycles. The van der Waals surface area contributed by atoms with Crippen LogP contribution in [0.4, 0.5) is 10.2 Å². The summed E-state index contributed by atoms with van der Waals surface area (Å²) in [5, 5.41) is 5.53. The van der Waals surface area contributed by atoms with E-state index in [1.807, 2.05) is 24.4 Å². The second-order valence-corrected chi connectivity index (χ2v) is 7.20. The number of halogens is 2. The molecular weight excluding hydrogens is 363 g/mol. The minimum Gasteiger partial charge on any atom is -0.467 e. The fraction of sp³-hybridized carbons (Fsp3) is 0.412. The third kappa shape index (κ3) is 4.48. The molecule has 0 aromatic carbocycles. The molecule has 1 aliphatic rings. The van der Waals surface area contributed by atoms with Crippen molar-refractivity contribution in [2.45, 2.75) is 44.9 Å². The van der Waals surface area contributed by atoms with E-state index in [0.717, 1.165) is 40.2 Å². The number of nitrogens with two attached hydrogens (primary N) is 1. The molecule has 134 valence electrons. The molecular formula is C17H20ClFN4OS. The van der Waals surface area contributed by atoms with E-state index < -0.39 is 6.17 Å². The summed E-state index contributed by atoms with van der Waals surface area (Å²) >= 11 is 7.54. The van der Waals surface area contributed by atoms with E-state index in [0.29, 0.717) is 13.0 Å². The number of aromatic nitrogens is 2. The summed E-state index contributed by atoms with van der Waals surface area (Å²) in [5.41, 5.74) is 7.32. The van der Waals surface area contributed by atoms with Crippen molar-refractivity contribution >= 4 is 39.0 Å². The van der Waals surface area contributed by atoms with Crippen molar-refractivity contribution in [3.8, 4) is 0 Å². The molecule has 0 aliphatic heterocycles. The van der Waals surface area contributed by atoms with Gasteiger partial charge in [0.25, 0.3) is 0 Å². The maximum Gasteiger partial charge on any atom is 0.224 e. The Balaban J connectivity index is 0.000000219. The van der Waals surface area contributed by atoms with Crippen LogP contribution < -0.4 is 11.1 Å². The van der Waals surface area contributed by atoms with Gasteiger partial charge in [-0.15, -0.1) is 11.3 Å². The number of aryl methyl sites for hydroxylation is 1. The Labute approximate surface area is 154 Å². The molecule has 1 fully saturated rings. The first-order valence-electron chi connectivity index (χ1n) is 8.12. The molecule has 0 amide bonds. The molecule has 5 nitrogen and oxygen atoms in total. The number of nitrogens with one attached hydrogen (secondary N) is 1. The van der Waals surface area contributed by atoms with Crippen molar-refractivity contribution in [2.24, 2.45) is 5.73 Å². The molecule has 0 bridgehead atoms. The number of furan rings is 1. The Bertz CT molecular complexity index is 816. The fourth-order valence-electron chi connectivity index (χ4n) is 2.65. The number of hydrogen-bond donors (Lipinski definition) is 2. The number of alkyl halides is 1. The van der Waals surface area contributed by atoms with E-state index in [1.165, 1.54) is 0 Å². The molecule has 2 atom stereocenters. The summed E-state index contributed by atoms with van der Waals surface area (Å²) in [4.78, 5) is 8.47. The van der Waals surface area contributed by atoms with Crippen LogP contribution in [0.3, 0.4) is 0 Å². The first kappa shape index (κ1) is 18.1. The highest BCUT2D eigenvalue weighted by Gasteiger charge is 2.22. The Morgan fingerprint density at radius 2 is 2.28 bits per heavy atom. The number of fused-ring (bicyclic) bond motifs is 1. The van der Waals surface area contributed by atoms with Crippen molar-refractivity contribution in [3.63, 3.8) is 0 Å². The zero-order valence-electron chi connectivity index (χ0n) is 13.8. The summed E-state index contributed by atoms with van der Waals surface area (Å²) < 4.78 is 18.5. The van der Waals surface area contributed by atoms with Crippen LogP contribution >= 0.6 is 22.9 Å². The number of hydrogen-bond acceptors (Lipinski definition) is 6. The number of thiophene rings is 1. The zero-order chi connectivity index (χ0) is 17.8. The predicted molar refractivity (Wildman–Crippen MR) is 99.9 cm³/mol. The molecule has 0 spiro atoms. The summed E-state index contributed by atoms with van der Waals surface area (Å²) in [6.07, 6.45) is 3.47. The van der Waals surface area contributed by atoms with Gasteiger partial charge in [0.2, 0.25) is 5.28 Å². The van der Waals surface area contributed by atoms with Crippen LogP contribution in [0.5, 0.6) is 0 Å². The van der Waals surface area contributed by atoms with Gasteiger partial charge in [-0.2, -0.15) is 4.98 Å². The van der Waals surface area contributed by atoms with Crippen LogP contribution in [0.25, 0.3) is 10.2 Å². The molecule has 3 aromatic heterocycles. The second-order valence-electron chi connectivity index (χ2n) is 5.98. The molecule has 1 aliphatic carbocycles. The predicted octanol–water partition coefficient (Wildman–Crippen LogP) is 4.69. The molecule has 1 saturated carbocycles. The van der Waals surface area contributed by atoms with Gasteiger partial charge in [0.1, 0.15) is 17.7 Å². The van der Waals surface area contributed by atoms with Gasteiger partial charge in [-0.3, -0.25) is 0 Å². The average molecular weight is 383 g/mol. The van der Waals surface area contributed by atoms with E-state index in [2.05, 4.69) is 15.3 Å². The van der Waals surface area contributed by atoms with Gasteiger partial charge in [0, 0.05) is 6.04 Å². The van der Waals surface area contributed by atoms with Crippen molar-refractivity contribution in [3.05, 3.63) is 40.4 Å². The SMILES string of the molecule is Cc1csc2c(NCc3ccco3)nc(Cl)nc12.NC1CCCC1F. The van der Waals surface area contributed by atoms with E-state index in [-0.39, 0.29) is 11.3 Å². The largest absolute Gasteiger partial charge is 0.467 e. The highest BCUT2D eigenvalue weighted by Crippen LogP contribution is 2.30. The zero-order valence-corrected chi connectivity index (χ0v) is 15.4. The third-order valence-electron chi connectivity index (χ3n) is 4.06. The molecule has 25 heavy (non-hydrogen) atoms. The molecule has 3 aromatic rings. The van der Waals surface area contributed by atoms with Crippen molar-refractivity contribution < 1.29 is 8.81 Å². The second kappa shape index (κ2) is 8.12. The highest BCUT2D eigenvalue weighted by atomic mass is 35.5. The summed E-state index contributed by atoms with van der Waals surface area (Å²) in [7, 11) is 0. The highest BCUT2D eigenvalue weighted by molar-refractivity contribution is 7.18. The number of nitrogens with zero attached hydrogens (tertiary/aromatic N) is 2. The van der Waals surface area contributed by atoms with Gasteiger partial charge in [-0.05, 0) is 60.9 Å². The topological polar surface area (TPSA) is 77.0 Å². The maximum atomic E-state index is 12.2. The lowest BCUT2D eigenvalue weighted by Crippen LogP contribution is -2.24. The van der Waals surface area contributed by atoms with Gasteiger partial charge < -0.3 is 15.5 Å². The Morgan fingerprint density at radius 1 is 1.44 bits per heavy atom.